The van der Waals surface area contributed by atoms with E-state index in [1.807, 2.05) is 66.7 Å². The third-order valence-corrected chi connectivity index (χ3v) is 6.33. The molecule has 0 radical (unpaired) electrons. The molecule has 0 fully saturated rings. The molecule has 0 atom stereocenters. The lowest BCUT2D eigenvalue weighted by Gasteiger charge is -2.12. The number of nitrogens with one attached hydrogen (secondary N) is 1. The Morgan fingerprint density at radius 1 is 1.03 bits per heavy atom. The van der Waals surface area contributed by atoms with Crippen molar-refractivity contribution in [2.45, 2.75) is 31.3 Å². The van der Waals surface area contributed by atoms with Crippen molar-refractivity contribution in [2.75, 3.05) is 12.4 Å². The maximum atomic E-state index is 13.2. The Kier molecular flexibility index (Phi) is 8.88. The van der Waals surface area contributed by atoms with Crippen molar-refractivity contribution in [3.05, 3.63) is 94.8 Å². The number of aromatic nitrogens is 2. The van der Waals surface area contributed by atoms with Gasteiger partial charge in [-0.25, -0.2) is 10.4 Å². The number of ether oxygens (including phenoxy) is 1. The Morgan fingerprint density at radius 3 is 2.56 bits per heavy atom. The van der Waals surface area contributed by atoms with Crippen LogP contribution in [0.3, 0.4) is 0 Å². The van der Waals surface area contributed by atoms with Crippen molar-refractivity contribution in [3.63, 3.8) is 0 Å². The number of fused-ring (bicyclic) bond motifs is 1. The van der Waals surface area contributed by atoms with Crippen LogP contribution >= 0.6 is 11.8 Å². The number of nitrogens with zero attached hydrogens (tertiary/aromatic N) is 3. The van der Waals surface area contributed by atoms with Gasteiger partial charge in [0.25, 0.3) is 11.5 Å². The largest absolute Gasteiger partial charge is 0.494 e. The van der Waals surface area contributed by atoms with Crippen molar-refractivity contribution in [1.82, 2.24) is 15.0 Å². The Hall–Kier alpha value is -3.91. The predicted molar refractivity (Wildman–Crippen MR) is 145 cm³/mol. The van der Waals surface area contributed by atoms with Crippen molar-refractivity contribution in [1.29, 1.82) is 0 Å². The first-order valence-electron chi connectivity index (χ1n) is 11.9. The molecule has 8 heteroatoms. The van der Waals surface area contributed by atoms with Gasteiger partial charge in [0.05, 0.1) is 35.2 Å². The van der Waals surface area contributed by atoms with Crippen LogP contribution in [0.1, 0.15) is 31.7 Å². The average molecular weight is 501 g/mol. The SMILES string of the molecule is CCCCCOc1ccc(C=NNC(=O)CSc2nc3ccccc3c(=O)n2-c2ccccc2)cc1. The van der Waals surface area contributed by atoms with Gasteiger partial charge in [0.1, 0.15) is 5.75 Å². The molecule has 0 saturated carbocycles. The van der Waals surface area contributed by atoms with Crippen LogP contribution in [0.4, 0.5) is 0 Å². The fraction of sp³-hybridized carbons (Fsp3) is 0.214. The van der Waals surface area contributed by atoms with Gasteiger partial charge in [-0.1, -0.05) is 61.9 Å². The monoisotopic (exact) mass is 500 g/mol. The summed E-state index contributed by atoms with van der Waals surface area (Å²) >= 11 is 1.19. The van der Waals surface area contributed by atoms with E-state index in [-0.39, 0.29) is 17.2 Å². The number of rotatable bonds is 11. The standard InChI is InChI=1S/C28H28N4O3S/c1-2-3-9-18-35-23-16-14-21(15-17-23)19-29-31-26(33)20-36-28-30-25-13-8-7-12-24(25)27(34)32(28)22-10-5-4-6-11-22/h4-8,10-17,19H,2-3,9,18,20H2,1H3,(H,31,33). The highest BCUT2D eigenvalue weighted by Gasteiger charge is 2.14. The van der Waals surface area contributed by atoms with Gasteiger partial charge in [-0.05, 0) is 60.5 Å². The van der Waals surface area contributed by atoms with Crippen molar-refractivity contribution >= 4 is 34.8 Å². The van der Waals surface area contributed by atoms with E-state index in [0.717, 1.165) is 30.6 Å². The highest BCUT2D eigenvalue weighted by Crippen LogP contribution is 2.21. The number of hydrazone groups is 1. The summed E-state index contributed by atoms with van der Waals surface area (Å²) in [6, 6.07) is 24.0. The molecule has 0 saturated heterocycles. The normalized spacial score (nSPS) is 11.1. The van der Waals surface area contributed by atoms with E-state index in [4.69, 9.17) is 4.74 Å². The summed E-state index contributed by atoms with van der Waals surface area (Å²) in [6.07, 6.45) is 4.94. The second kappa shape index (κ2) is 12.7. The molecule has 36 heavy (non-hydrogen) atoms. The molecule has 0 bridgehead atoms. The quantitative estimate of drug-likeness (QED) is 0.101. The average Bonchev–Trinajstić information content (AvgIpc) is 2.91. The minimum absolute atomic E-state index is 0.0551. The van der Waals surface area contributed by atoms with Crippen LogP contribution in [0.5, 0.6) is 5.75 Å². The summed E-state index contributed by atoms with van der Waals surface area (Å²) in [6.45, 7) is 2.87. The maximum absolute atomic E-state index is 13.2. The van der Waals surface area contributed by atoms with Gasteiger partial charge < -0.3 is 4.74 Å². The number of unbranched alkanes of at least 4 members (excludes halogenated alkanes) is 2. The Morgan fingerprint density at radius 2 is 1.78 bits per heavy atom. The second-order valence-corrected chi connectivity index (χ2v) is 9.04. The van der Waals surface area contributed by atoms with E-state index in [0.29, 0.717) is 28.4 Å². The number of carbonyl (C=O) groups excluding carboxylic acids is 1. The number of carbonyl (C=O) groups is 1. The van der Waals surface area contributed by atoms with Gasteiger partial charge in [-0.15, -0.1) is 0 Å². The molecular formula is C28H28N4O3S. The first kappa shape index (κ1) is 25.2. The number of para-hydroxylation sites is 2. The van der Waals surface area contributed by atoms with E-state index in [9.17, 15) is 9.59 Å². The zero-order valence-electron chi connectivity index (χ0n) is 20.1. The number of benzene rings is 3. The lowest BCUT2D eigenvalue weighted by molar-refractivity contribution is -0.118. The van der Waals surface area contributed by atoms with Gasteiger partial charge in [-0.3, -0.25) is 14.2 Å². The summed E-state index contributed by atoms with van der Waals surface area (Å²) < 4.78 is 7.25. The van der Waals surface area contributed by atoms with E-state index in [2.05, 4.69) is 22.4 Å². The molecule has 7 nitrogen and oxygen atoms in total. The third-order valence-electron chi connectivity index (χ3n) is 5.39. The molecule has 3 aromatic carbocycles. The summed E-state index contributed by atoms with van der Waals surface area (Å²) in [5.74, 6) is 0.574. The van der Waals surface area contributed by atoms with Crippen molar-refractivity contribution < 1.29 is 9.53 Å². The Bertz CT molecular complexity index is 1390. The molecule has 1 heterocycles. The highest BCUT2D eigenvalue weighted by molar-refractivity contribution is 7.99. The van der Waals surface area contributed by atoms with Crippen LogP contribution in [-0.2, 0) is 4.79 Å². The van der Waals surface area contributed by atoms with Gasteiger partial charge in [0.2, 0.25) is 0 Å². The molecule has 4 aromatic rings. The van der Waals surface area contributed by atoms with E-state index >= 15 is 0 Å². The molecule has 4 rings (SSSR count). The molecular weight excluding hydrogens is 472 g/mol. The first-order chi connectivity index (χ1) is 17.7. The third kappa shape index (κ3) is 6.60. The molecule has 1 N–H and O–H groups in total. The van der Waals surface area contributed by atoms with Gasteiger partial charge in [0.15, 0.2) is 5.16 Å². The van der Waals surface area contributed by atoms with Crippen LogP contribution in [-0.4, -0.2) is 34.0 Å². The molecule has 0 aliphatic carbocycles. The van der Waals surface area contributed by atoms with Crippen LogP contribution in [0.15, 0.2) is 93.9 Å². The molecule has 0 spiro atoms. The fourth-order valence-electron chi connectivity index (χ4n) is 3.55. The first-order valence-corrected chi connectivity index (χ1v) is 12.9. The van der Waals surface area contributed by atoms with Gasteiger partial charge in [0, 0.05) is 0 Å². The topological polar surface area (TPSA) is 85.6 Å². The maximum Gasteiger partial charge on any atom is 0.266 e. The molecule has 0 aliphatic heterocycles. The van der Waals surface area contributed by atoms with Crippen LogP contribution < -0.4 is 15.7 Å². The van der Waals surface area contributed by atoms with Crippen LogP contribution in [0.2, 0.25) is 0 Å². The fourth-order valence-corrected chi connectivity index (χ4v) is 4.35. The van der Waals surface area contributed by atoms with Crippen molar-refractivity contribution in [3.8, 4) is 11.4 Å². The van der Waals surface area contributed by atoms with Gasteiger partial charge >= 0.3 is 0 Å². The lowest BCUT2D eigenvalue weighted by atomic mass is 10.2. The smallest absolute Gasteiger partial charge is 0.266 e. The van der Waals surface area contributed by atoms with Crippen LogP contribution in [0, 0.1) is 0 Å². The summed E-state index contributed by atoms with van der Waals surface area (Å²) in [5, 5.41) is 5.02. The summed E-state index contributed by atoms with van der Waals surface area (Å²) in [7, 11) is 0. The van der Waals surface area contributed by atoms with E-state index in [1.54, 1.807) is 18.3 Å². The Balaban J connectivity index is 1.39. The minimum Gasteiger partial charge on any atom is -0.494 e. The number of thioether (sulfide) groups is 1. The zero-order valence-corrected chi connectivity index (χ0v) is 20.9. The van der Waals surface area contributed by atoms with Crippen LogP contribution in [0.25, 0.3) is 16.6 Å². The number of hydrogen-bond acceptors (Lipinski definition) is 6. The summed E-state index contributed by atoms with van der Waals surface area (Å²) in [4.78, 5) is 30.3. The molecule has 1 amide bonds. The number of hydrogen-bond donors (Lipinski definition) is 1. The van der Waals surface area contributed by atoms with E-state index < -0.39 is 0 Å². The zero-order chi connectivity index (χ0) is 25.2. The minimum atomic E-state index is -0.297. The molecule has 0 aliphatic rings. The molecule has 1 aromatic heterocycles. The van der Waals surface area contributed by atoms with Crippen molar-refractivity contribution in [2.24, 2.45) is 5.10 Å². The lowest BCUT2D eigenvalue weighted by Crippen LogP contribution is -2.24. The second-order valence-electron chi connectivity index (χ2n) is 8.09. The summed E-state index contributed by atoms with van der Waals surface area (Å²) in [5.41, 5.74) is 4.49. The predicted octanol–water partition coefficient (Wildman–Crippen LogP) is 5.20. The highest BCUT2D eigenvalue weighted by atomic mass is 32.2. The molecule has 184 valence electrons. The van der Waals surface area contributed by atoms with Gasteiger partial charge in [-0.2, -0.15) is 5.10 Å². The Labute approximate surface area is 214 Å². The molecule has 0 unspecified atom stereocenters. The number of amides is 1. The van der Waals surface area contributed by atoms with E-state index in [1.165, 1.54) is 16.3 Å².